The lowest BCUT2D eigenvalue weighted by atomic mass is 9.87. The van der Waals surface area contributed by atoms with Gasteiger partial charge in [-0.15, -0.1) is 0 Å². The Labute approximate surface area is 168 Å². The average molecular weight is 407 g/mol. The van der Waals surface area contributed by atoms with E-state index in [1.165, 1.54) is 23.8 Å². The Morgan fingerprint density at radius 3 is 2.82 bits per heavy atom. The number of aliphatic hydroxyl groups is 1. The molecule has 2 aliphatic heterocycles. The number of likely N-dealkylation sites (tertiary alicyclic amines) is 1. The summed E-state index contributed by atoms with van der Waals surface area (Å²) in [7, 11) is 0. The summed E-state index contributed by atoms with van der Waals surface area (Å²) in [5.74, 6) is 0.769. The Morgan fingerprint density at radius 1 is 1.25 bits per heavy atom. The zero-order valence-electron chi connectivity index (χ0n) is 15.5. The molecule has 1 spiro atoms. The minimum atomic E-state index is -0.683. The van der Waals surface area contributed by atoms with Crippen molar-refractivity contribution in [1.29, 1.82) is 0 Å². The molecule has 5 nitrogen and oxygen atoms in total. The second-order valence-corrected chi connectivity index (χ2v) is 8.10. The molecule has 0 aliphatic carbocycles. The van der Waals surface area contributed by atoms with Crippen molar-refractivity contribution >= 4 is 17.3 Å². The van der Waals surface area contributed by atoms with Crippen LogP contribution >= 0.6 is 11.6 Å². The highest BCUT2D eigenvalue weighted by molar-refractivity contribution is 6.30. The van der Waals surface area contributed by atoms with E-state index in [-0.39, 0.29) is 18.0 Å². The van der Waals surface area contributed by atoms with Gasteiger partial charge in [-0.1, -0.05) is 11.6 Å². The first-order chi connectivity index (χ1) is 13.4. The van der Waals surface area contributed by atoms with Crippen molar-refractivity contribution in [1.82, 2.24) is 4.90 Å². The van der Waals surface area contributed by atoms with E-state index >= 15 is 0 Å². The second kappa shape index (κ2) is 7.78. The van der Waals surface area contributed by atoms with Crippen LogP contribution in [0.3, 0.4) is 0 Å². The molecular weight excluding hydrogens is 383 g/mol. The number of fused-ring (bicyclic) bond motifs is 1. The summed E-state index contributed by atoms with van der Waals surface area (Å²) in [6, 6.07) is 9.74. The fourth-order valence-corrected chi connectivity index (χ4v) is 4.19. The zero-order chi connectivity index (χ0) is 19.7. The highest BCUT2D eigenvalue weighted by atomic mass is 35.5. The number of benzene rings is 2. The first-order valence-corrected chi connectivity index (χ1v) is 9.86. The maximum Gasteiger partial charge on any atom is 0.145 e. The van der Waals surface area contributed by atoms with Gasteiger partial charge >= 0.3 is 0 Å². The van der Waals surface area contributed by atoms with Gasteiger partial charge in [-0.3, -0.25) is 0 Å². The quantitative estimate of drug-likeness (QED) is 0.746. The van der Waals surface area contributed by atoms with Crippen molar-refractivity contribution in [2.45, 2.75) is 31.0 Å². The maximum atomic E-state index is 13.3. The van der Waals surface area contributed by atoms with Gasteiger partial charge in [0.1, 0.15) is 35.6 Å². The SMILES string of the molecule is Nc1ccc(F)cc1OC[C@@H](O)CN1CCC2(CC1)Cc1cc(Cl)ccc1O2. The topological polar surface area (TPSA) is 68.0 Å². The molecule has 0 bridgehead atoms. The Bertz CT molecular complexity index is 856. The van der Waals surface area contributed by atoms with E-state index in [9.17, 15) is 9.50 Å². The number of nitrogens with zero attached hydrogens (tertiary/aromatic N) is 1. The second-order valence-electron chi connectivity index (χ2n) is 7.66. The van der Waals surface area contributed by atoms with Crippen LogP contribution in [0.2, 0.25) is 5.02 Å². The molecule has 1 atom stereocenters. The van der Waals surface area contributed by atoms with Crippen molar-refractivity contribution in [3.63, 3.8) is 0 Å². The first-order valence-electron chi connectivity index (χ1n) is 9.48. The van der Waals surface area contributed by atoms with Gasteiger partial charge in [0.05, 0.1) is 5.69 Å². The van der Waals surface area contributed by atoms with Crippen molar-refractivity contribution in [2.24, 2.45) is 0 Å². The van der Waals surface area contributed by atoms with Crippen LogP contribution in [0.5, 0.6) is 11.5 Å². The van der Waals surface area contributed by atoms with E-state index in [2.05, 4.69) is 4.90 Å². The van der Waals surface area contributed by atoms with Gasteiger partial charge in [-0.05, 0) is 35.9 Å². The predicted octanol–water partition coefficient (Wildman–Crippen LogP) is 3.27. The number of ether oxygens (including phenoxy) is 2. The molecule has 28 heavy (non-hydrogen) atoms. The number of rotatable bonds is 5. The van der Waals surface area contributed by atoms with Gasteiger partial charge in [0.2, 0.25) is 0 Å². The Balaban J connectivity index is 1.26. The van der Waals surface area contributed by atoms with Crippen molar-refractivity contribution < 1.29 is 19.0 Å². The Kier molecular flexibility index (Phi) is 5.36. The molecule has 2 heterocycles. The lowest BCUT2D eigenvalue weighted by Gasteiger charge is -2.39. The van der Waals surface area contributed by atoms with Gasteiger partial charge < -0.3 is 25.2 Å². The molecule has 0 unspecified atom stereocenters. The molecule has 3 N–H and O–H groups in total. The number of nitrogens with two attached hydrogens (primary N) is 1. The summed E-state index contributed by atoms with van der Waals surface area (Å²) in [6.07, 6.45) is 1.98. The summed E-state index contributed by atoms with van der Waals surface area (Å²) < 4.78 is 25.0. The van der Waals surface area contributed by atoms with Crippen LogP contribution in [-0.2, 0) is 6.42 Å². The molecule has 1 fully saturated rings. The van der Waals surface area contributed by atoms with E-state index in [1.807, 2.05) is 18.2 Å². The molecule has 4 rings (SSSR count). The number of hydrogen-bond acceptors (Lipinski definition) is 5. The van der Waals surface area contributed by atoms with Crippen LogP contribution in [0.1, 0.15) is 18.4 Å². The third-order valence-corrected chi connectivity index (χ3v) is 5.74. The van der Waals surface area contributed by atoms with E-state index < -0.39 is 11.9 Å². The number of hydrogen-bond donors (Lipinski definition) is 2. The minimum absolute atomic E-state index is 0.0652. The predicted molar refractivity (Wildman–Crippen MR) is 107 cm³/mol. The molecule has 0 radical (unpaired) electrons. The van der Waals surface area contributed by atoms with Crippen LogP contribution < -0.4 is 15.2 Å². The standard InChI is InChI=1S/C21H24ClFN2O3/c22-15-1-4-19-14(9-15)11-21(28-19)5-7-25(8-6-21)12-17(26)13-27-20-10-16(23)2-3-18(20)24/h1-4,9-10,17,26H,5-8,11-13,24H2/t17-/m0/s1. The highest BCUT2D eigenvalue weighted by Gasteiger charge is 2.42. The summed E-state index contributed by atoms with van der Waals surface area (Å²) >= 11 is 6.09. The summed E-state index contributed by atoms with van der Waals surface area (Å²) in [5, 5.41) is 11.0. The molecular formula is C21H24ClFN2O3. The minimum Gasteiger partial charge on any atom is -0.489 e. The van der Waals surface area contributed by atoms with Crippen molar-refractivity contribution in [2.75, 3.05) is 32.0 Å². The number of β-amino-alcohol motifs (C(OH)–C–C–N with tert-alkyl or cyclic N) is 1. The monoisotopic (exact) mass is 406 g/mol. The molecule has 0 aromatic heterocycles. The normalized spacial score (nSPS) is 19.2. The molecule has 1 saturated heterocycles. The van der Waals surface area contributed by atoms with Gasteiger partial charge in [-0.25, -0.2) is 4.39 Å². The van der Waals surface area contributed by atoms with Gasteiger partial charge in [0.15, 0.2) is 0 Å². The molecule has 2 aromatic rings. The van der Waals surface area contributed by atoms with E-state index in [0.29, 0.717) is 12.2 Å². The molecule has 0 saturated carbocycles. The molecule has 2 aromatic carbocycles. The van der Waals surface area contributed by atoms with Crippen LogP contribution in [0, 0.1) is 5.82 Å². The van der Waals surface area contributed by atoms with E-state index in [4.69, 9.17) is 26.8 Å². The lowest BCUT2D eigenvalue weighted by molar-refractivity contribution is -0.00192. The van der Waals surface area contributed by atoms with Crippen LogP contribution in [0.25, 0.3) is 0 Å². The first kappa shape index (κ1) is 19.3. The number of nitrogen functional groups attached to an aromatic ring is 1. The van der Waals surface area contributed by atoms with Gasteiger partial charge in [0.25, 0.3) is 0 Å². The third-order valence-electron chi connectivity index (χ3n) is 5.50. The van der Waals surface area contributed by atoms with E-state index in [0.717, 1.165) is 43.1 Å². The molecule has 7 heteroatoms. The zero-order valence-corrected chi connectivity index (χ0v) is 16.3. The fourth-order valence-electron chi connectivity index (χ4n) is 3.99. The maximum absolute atomic E-state index is 13.3. The molecule has 150 valence electrons. The highest BCUT2D eigenvalue weighted by Crippen LogP contribution is 2.41. The van der Waals surface area contributed by atoms with Gasteiger partial charge in [-0.2, -0.15) is 0 Å². The average Bonchev–Trinajstić information content (AvgIpc) is 3.01. The van der Waals surface area contributed by atoms with E-state index in [1.54, 1.807) is 0 Å². The largest absolute Gasteiger partial charge is 0.489 e. The molecule has 2 aliphatic rings. The number of piperidine rings is 1. The van der Waals surface area contributed by atoms with Gasteiger partial charge in [0, 0.05) is 50.0 Å². The summed E-state index contributed by atoms with van der Waals surface area (Å²) in [4.78, 5) is 2.20. The summed E-state index contributed by atoms with van der Waals surface area (Å²) in [5.41, 5.74) is 7.12. The summed E-state index contributed by atoms with van der Waals surface area (Å²) in [6.45, 7) is 2.22. The van der Waals surface area contributed by atoms with Crippen molar-refractivity contribution in [3.05, 3.63) is 52.8 Å². The number of halogens is 2. The van der Waals surface area contributed by atoms with Crippen LogP contribution in [-0.4, -0.2) is 48.0 Å². The smallest absolute Gasteiger partial charge is 0.145 e. The fraction of sp³-hybridized carbons (Fsp3) is 0.429. The van der Waals surface area contributed by atoms with Crippen LogP contribution in [0.15, 0.2) is 36.4 Å². The Hall–Kier alpha value is -2.02. The Morgan fingerprint density at radius 2 is 2.04 bits per heavy atom. The van der Waals surface area contributed by atoms with Crippen molar-refractivity contribution in [3.8, 4) is 11.5 Å². The number of aliphatic hydroxyl groups excluding tert-OH is 1. The third kappa shape index (κ3) is 4.19. The van der Waals surface area contributed by atoms with Crippen LogP contribution in [0.4, 0.5) is 10.1 Å². The number of anilines is 1. The molecule has 0 amide bonds. The lowest BCUT2D eigenvalue weighted by Crippen LogP contribution is -2.49.